The number of hydrogen-bond donors (Lipinski definition) is 0. The molecule has 0 spiro atoms. The third-order valence-electron chi connectivity index (χ3n) is 4.49. The molecular weight excluding hydrogens is 314 g/mol. The van der Waals surface area contributed by atoms with Crippen molar-refractivity contribution < 1.29 is 9.72 Å². The molecule has 0 radical (unpaired) electrons. The second-order valence-electron chi connectivity index (χ2n) is 5.90. The zero-order valence-electron chi connectivity index (χ0n) is 12.4. The molecule has 0 amide bonds. The van der Waals surface area contributed by atoms with Gasteiger partial charge in [-0.15, -0.1) is 0 Å². The lowest BCUT2D eigenvalue weighted by Gasteiger charge is -2.32. The van der Waals surface area contributed by atoms with Gasteiger partial charge in [-0.1, -0.05) is 54.1 Å². The van der Waals surface area contributed by atoms with Crippen molar-refractivity contribution in [2.24, 2.45) is 0 Å². The van der Waals surface area contributed by atoms with E-state index in [9.17, 15) is 14.9 Å². The van der Waals surface area contributed by atoms with E-state index in [0.29, 0.717) is 5.02 Å². The van der Waals surface area contributed by atoms with Gasteiger partial charge in [0.05, 0.1) is 11.8 Å². The lowest BCUT2D eigenvalue weighted by Crippen LogP contribution is -2.40. The van der Waals surface area contributed by atoms with Crippen molar-refractivity contribution in [3.8, 4) is 0 Å². The van der Waals surface area contributed by atoms with Crippen LogP contribution < -0.4 is 0 Å². The summed E-state index contributed by atoms with van der Waals surface area (Å²) in [4.78, 5) is 23.7. The van der Waals surface area contributed by atoms with Crippen LogP contribution in [0.25, 0.3) is 0 Å². The Morgan fingerprint density at radius 3 is 1.96 bits per heavy atom. The van der Waals surface area contributed by atoms with E-state index in [1.165, 1.54) is 0 Å². The van der Waals surface area contributed by atoms with Crippen LogP contribution in [0, 0.1) is 10.1 Å². The van der Waals surface area contributed by atoms with Crippen molar-refractivity contribution in [1.82, 2.24) is 0 Å². The van der Waals surface area contributed by atoms with Crippen LogP contribution in [-0.2, 0) is 4.79 Å². The standard InChI is InChI=1S/C18H16ClNO3/c19-14-8-6-13(7-9-14)17-11-15(21)10-16(18(17)20(22)23)12-4-2-1-3-5-12/h1-9,16-18H,10-11H2/t16-,17-,18-/m0/s1. The maximum atomic E-state index is 12.2. The van der Waals surface area contributed by atoms with E-state index in [1.807, 2.05) is 30.3 Å². The molecular formula is C18H16ClNO3. The molecule has 1 aliphatic rings. The Labute approximate surface area is 139 Å². The highest BCUT2D eigenvalue weighted by atomic mass is 35.5. The van der Waals surface area contributed by atoms with Crippen molar-refractivity contribution in [2.75, 3.05) is 0 Å². The van der Waals surface area contributed by atoms with Crippen molar-refractivity contribution in [1.29, 1.82) is 0 Å². The monoisotopic (exact) mass is 329 g/mol. The first-order valence-corrected chi connectivity index (χ1v) is 7.89. The molecule has 0 saturated heterocycles. The van der Waals surface area contributed by atoms with E-state index < -0.39 is 17.9 Å². The molecule has 4 nitrogen and oxygen atoms in total. The van der Waals surface area contributed by atoms with Crippen LogP contribution in [0.2, 0.25) is 5.02 Å². The lowest BCUT2D eigenvalue weighted by molar-refractivity contribution is -0.532. The van der Waals surface area contributed by atoms with E-state index in [-0.39, 0.29) is 23.5 Å². The van der Waals surface area contributed by atoms with Gasteiger partial charge in [0, 0.05) is 22.8 Å². The smallest absolute Gasteiger partial charge is 0.227 e. The number of nitro groups is 1. The molecule has 0 bridgehead atoms. The topological polar surface area (TPSA) is 60.2 Å². The Bertz CT molecular complexity index is 715. The predicted molar refractivity (Wildman–Crippen MR) is 88.4 cm³/mol. The van der Waals surface area contributed by atoms with Crippen LogP contribution in [-0.4, -0.2) is 16.7 Å². The molecule has 23 heavy (non-hydrogen) atoms. The maximum Gasteiger partial charge on any atom is 0.227 e. The summed E-state index contributed by atoms with van der Waals surface area (Å²) in [5, 5.41) is 12.3. The van der Waals surface area contributed by atoms with E-state index in [4.69, 9.17) is 11.6 Å². The molecule has 118 valence electrons. The molecule has 0 unspecified atom stereocenters. The van der Waals surface area contributed by atoms with Gasteiger partial charge >= 0.3 is 0 Å². The average Bonchev–Trinajstić information content (AvgIpc) is 2.55. The molecule has 0 aromatic heterocycles. The molecule has 1 saturated carbocycles. The Kier molecular flexibility index (Phi) is 4.44. The van der Waals surface area contributed by atoms with E-state index in [0.717, 1.165) is 11.1 Å². The molecule has 0 heterocycles. The van der Waals surface area contributed by atoms with Gasteiger partial charge in [-0.05, 0) is 23.3 Å². The van der Waals surface area contributed by atoms with Gasteiger partial charge in [0.1, 0.15) is 5.78 Å². The number of halogens is 1. The normalized spacial score (nSPS) is 24.4. The number of carbonyl (C=O) groups excluding carboxylic acids is 1. The summed E-state index contributed by atoms with van der Waals surface area (Å²) in [5.74, 6) is -0.751. The van der Waals surface area contributed by atoms with Gasteiger partial charge < -0.3 is 0 Å². The minimum absolute atomic E-state index is 0.0666. The second-order valence-corrected chi connectivity index (χ2v) is 6.33. The predicted octanol–water partition coefficient (Wildman–Crippen LogP) is 4.22. The quantitative estimate of drug-likeness (QED) is 0.626. The van der Waals surface area contributed by atoms with Gasteiger partial charge in [0.2, 0.25) is 6.04 Å². The first-order valence-electron chi connectivity index (χ1n) is 7.52. The highest BCUT2D eigenvalue weighted by Gasteiger charge is 2.46. The molecule has 3 rings (SSSR count). The largest absolute Gasteiger partial charge is 0.300 e. The Morgan fingerprint density at radius 2 is 1.43 bits per heavy atom. The molecule has 5 heteroatoms. The minimum atomic E-state index is -0.809. The first-order chi connectivity index (χ1) is 11.1. The zero-order valence-corrected chi connectivity index (χ0v) is 13.1. The van der Waals surface area contributed by atoms with Gasteiger partial charge in [0.25, 0.3) is 0 Å². The van der Waals surface area contributed by atoms with Gasteiger partial charge in [0.15, 0.2) is 0 Å². The van der Waals surface area contributed by atoms with Gasteiger partial charge in [-0.2, -0.15) is 0 Å². The van der Waals surface area contributed by atoms with Crippen LogP contribution in [0.15, 0.2) is 54.6 Å². The number of carbonyl (C=O) groups is 1. The maximum absolute atomic E-state index is 12.2. The molecule has 1 fully saturated rings. The SMILES string of the molecule is O=C1C[C@@H](c2ccccc2)[C@H]([N+](=O)[O-])[C@H](c2ccc(Cl)cc2)C1. The van der Waals surface area contributed by atoms with Gasteiger partial charge in [-0.25, -0.2) is 0 Å². The van der Waals surface area contributed by atoms with E-state index >= 15 is 0 Å². The Balaban J connectivity index is 2.02. The fourth-order valence-corrected chi connectivity index (χ4v) is 3.56. The molecule has 1 aliphatic carbocycles. The molecule has 0 aliphatic heterocycles. The summed E-state index contributed by atoms with van der Waals surface area (Å²) < 4.78 is 0. The highest BCUT2D eigenvalue weighted by molar-refractivity contribution is 6.30. The van der Waals surface area contributed by atoms with E-state index in [1.54, 1.807) is 24.3 Å². The van der Waals surface area contributed by atoms with Crippen LogP contribution in [0.5, 0.6) is 0 Å². The number of hydrogen-bond acceptors (Lipinski definition) is 3. The fraction of sp³-hybridized carbons (Fsp3) is 0.278. The lowest BCUT2D eigenvalue weighted by atomic mass is 9.71. The second kappa shape index (κ2) is 6.50. The first kappa shape index (κ1) is 15.7. The average molecular weight is 330 g/mol. The Hall–Kier alpha value is -2.20. The van der Waals surface area contributed by atoms with Crippen LogP contribution in [0.3, 0.4) is 0 Å². The summed E-state index contributed by atoms with van der Waals surface area (Å²) in [6.07, 6.45) is 0.427. The van der Waals surface area contributed by atoms with Gasteiger partial charge in [-0.3, -0.25) is 14.9 Å². The molecule has 2 aromatic carbocycles. The summed E-state index contributed by atoms with van der Waals surface area (Å²) in [6.45, 7) is 0. The van der Waals surface area contributed by atoms with Crippen molar-refractivity contribution in [2.45, 2.75) is 30.7 Å². The summed E-state index contributed by atoms with van der Waals surface area (Å²) in [7, 11) is 0. The highest BCUT2D eigenvalue weighted by Crippen LogP contribution is 2.41. The minimum Gasteiger partial charge on any atom is -0.300 e. The summed E-state index contributed by atoms with van der Waals surface area (Å²) in [5.41, 5.74) is 1.64. The van der Waals surface area contributed by atoms with Crippen molar-refractivity contribution in [3.05, 3.63) is 80.9 Å². The third kappa shape index (κ3) is 3.27. The summed E-state index contributed by atoms with van der Waals surface area (Å²) >= 11 is 5.90. The van der Waals surface area contributed by atoms with Crippen LogP contribution in [0.1, 0.15) is 35.8 Å². The Morgan fingerprint density at radius 1 is 0.913 bits per heavy atom. The number of nitrogens with zero attached hydrogens (tertiary/aromatic N) is 1. The van der Waals surface area contributed by atoms with Crippen molar-refractivity contribution in [3.63, 3.8) is 0 Å². The number of rotatable bonds is 3. The number of ketones is 1. The summed E-state index contributed by atoms with van der Waals surface area (Å²) in [6, 6.07) is 15.5. The molecule has 0 N–H and O–H groups in total. The van der Waals surface area contributed by atoms with E-state index in [2.05, 4.69) is 0 Å². The third-order valence-corrected chi connectivity index (χ3v) is 4.74. The fourth-order valence-electron chi connectivity index (χ4n) is 3.43. The van der Waals surface area contributed by atoms with Crippen molar-refractivity contribution >= 4 is 17.4 Å². The van der Waals surface area contributed by atoms with Crippen LogP contribution >= 0.6 is 11.6 Å². The van der Waals surface area contributed by atoms with Crippen LogP contribution in [0.4, 0.5) is 0 Å². The molecule has 2 aromatic rings. The zero-order chi connectivity index (χ0) is 16.4. The number of benzene rings is 2. The number of Topliss-reactive ketones (excluding diaryl/α,β-unsaturated/α-hetero) is 1. The molecule has 3 atom stereocenters.